The van der Waals surface area contributed by atoms with Gasteiger partial charge >= 0.3 is 0 Å². The van der Waals surface area contributed by atoms with Crippen LogP contribution in [0.15, 0.2) is 42.9 Å². The maximum atomic E-state index is 13.5. The van der Waals surface area contributed by atoms with Crippen LogP contribution in [0.25, 0.3) is 22.6 Å². The lowest BCUT2D eigenvalue weighted by Crippen LogP contribution is -2.50. The van der Waals surface area contributed by atoms with E-state index in [0.29, 0.717) is 12.3 Å². The molecular formula is C22H27FN6O. The van der Waals surface area contributed by atoms with Crippen molar-refractivity contribution in [2.45, 2.75) is 39.0 Å². The van der Waals surface area contributed by atoms with Gasteiger partial charge in [0.1, 0.15) is 5.82 Å². The summed E-state index contributed by atoms with van der Waals surface area (Å²) in [4.78, 5) is 15.6. The summed E-state index contributed by atoms with van der Waals surface area (Å²) in [5, 5.41) is 0. The molecule has 1 aliphatic rings. The number of nitrogens with two attached hydrogens (primary N) is 1. The second-order valence-corrected chi connectivity index (χ2v) is 8.12. The Bertz CT molecular complexity index is 1020. The van der Waals surface area contributed by atoms with E-state index in [4.69, 9.17) is 15.5 Å². The molecule has 1 atom stereocenters. The van der Waals surface area contributed by atoms with Gasteiger partial charge in [-0.15, -0.1) is 0 Å². The lowest BCUT2D eigenvalue weighted by atomic mass is 10.1. The molecule has 1 aromatic carbocycles. The maximum absolute atomic E-state index is 13.5. The molecule has 158 valence electrons. The van der Waals surface area contributed by atoms with Gasteiger partial charge in [0.05, 0.1) is 41.8 Å². The molecule has 0 amide bonds. The summed E-state index contributed by atoms with van der Waals surface area (Å²) in [5.74, 6) is -0.0844. The van der Waals surface area contributed by atoms with Crippen LogP contribution in [0.5, 0.6) is 0 Å². The number of morpholine rings is 1. The molecule has 4 rings (SSSR count). The zero-order chi connectivity index (χ0) is 21.3. The molecule has 2 aromatic heterocycles. The average molecular weight is 410 g/mol. The van der Waals surface area contributed by atoms with E-state index >= 15 is 0 Å². The number of hydrogen-bond acceptors (Lipinski definition) is 6. The zero-order valence-electron chi connectivity index (χ0n) is 17.5. The topological polar surface area (TPSA) is 82.1 Å². The maximum Gasteiger partial charge on any atom is 0.220 e. The Kier molecular flexibility index (Phi) is 5.53. The third kappa shape index (κ3) is 4.06. The molecule has 3 heterocycles. The van der Waals surface area contributed by atoms with Crippen molar-refractivity contribution in [1.29, 1.82) is 0 Å². The molecule has 0 spiro atoms. The third-order valence-corrected chi connectivity index (χ3v) is 5.39. The number of aromatic nitrogens is 4. The second-order valence-electron chi connectivity index (χ2n) is 8.12. The highest BCUT2D eigenvalue weighted by Gasteiger charge is 2.33. The van der Waals surface area contributed by atoms with Gasteiger partial charge in [0.2, 0.25) is 5.95 Å². The molecule has 0 bridgehead atoms. The highest BCUT2D eigenvalue weighted by atomic mass is 19.1. The molecule has 1 unspecified atom stereocenters. The van der Waals surface area contributed by atoms with Crippen molar-refractivity contribution < 1.29 is 9.13 Å². The van der Waals surface area contributed by atoms with Gasteiger partial charge in [-0.25, -0.2) is 19.3 Å². The minimum atomic E-state index is -0.284. The van der Waals surface area contributed by atoms with Crippen LogP contribution in [0.1, 0.15) is 33.4 Å². The van der Waals surface area contributed by atoms with Crippen LogP contribution < -0.4 is 5.73 Å². The van der Waals surface area contributed by atoms with Crippen molar-refractivity contribution in [2.75, 3.05) is 25.4 Å². The molecule has 2 N–H and O–H groups in total. The summed E-state index contributed by atoms with van der Waals surface area (Å²) < 4.78 is 21.5. The van der Waals surface area contributed by atoms with Gasteiger partial charge in [0.15, 0.2) is 0 Å². The van der Waals surface area contributed by atoms with Crippen molar-refractivity contribution >= 4 is 5.95 Å². The van der Waals surface area contributed by atoms with E-state index in [1.165, 1.54) is 12.1 Å². The number of benzene rings is 1. The summed E-state index contributed by atoms with van der Waals surface area (Å²) in [6, 6.07) is 8.17. The normalized spacial score (nSPS) is 17.7. The number of nitrogens with zero attached hydrogens (tertiary/aromatic N) is 5. The van der Waals surface area contributed by atoms with E-state index in [2.05, 4.69) is 40.2 Å². The molecule has 1 fully saturated rings. The van der Waals surface area contributed by atoms with Crippen LogP contribution in [-0.4, -0.2) is 49.7 Å². The van der Waals surface area contributed by atoms with E-state index in [-0.39, 0.29) is 23.5 Å². The van der Waals surface area contributed by atoms with Crippen LogP contribution in [0.4, 0.5) is 10.3 Å². The quantitative estimate of drug-likeness (QED) is 0.690. The van der Waals surface area contributed by atoms with Gasteiger partial charge in [0.25, 0.3) is 0 Å². The SMILES string of the molecule is CCC(N1CCOC(C)(C)C1)n1cnc(-c2ccc(F)cc2)c1-c1ccnc(N)n1. The zero-order valence-corrected chi connectivity index (χ0v) is 17.5. The first-order chi connectivity index (χ1) is 14.4. The molecule has 0 saturated carbocycles. The molecule has 7 nitrogen and oxygen atoms in total. The Hall–Kier alpha value is -2.84. The molecule has 1 saturated heterocycles. The highest BCUT2D eigenvalue weighted by molar-refractivity contribution is 5.77. The first-order valence-corrected chi connectivity index (χ1v) is 10.2. The van der Waals surface area contributed by atoms with Crippen molar-refractivity contribution in [3.8, 4) is 22.6 Å². The average Bonchev–Trinajstić information content (AvgIpc) is 3.13. The van der Waals surface area contributed by atoms with Gasteiger partial charge in [-0.05, 0) is 50.6 Å². The fourth-order valence-corrected chi connectivity index (χ4v) is 4.10. The van der Waals surface area contributed by atoms with E-state index in [9.17, 15) is 4.39 Å². The predicted octanol–water partition coefficient (Wildman–Crippen LogP) is 3.75. The monoisotopic (exact) mass is 410 g/mol. The smallest absolute Gasteiger partial charge is 0.220 e. The lowest BCUT2D eigenvalue weighted by Gasteiger charge is -2.42. The Morgan fingerprint density at radius 2 is 1.97 bits per heavy atom. The van der Waals surface area contributed by atoms with Gasteiger partial charge in [-0.1, -0.05) is 6.92 Å². The second kappa shape index (κ2) is 8.12. The lowest BCUT2D eigenvalue weighted by molar-refractivity contribution is -0.106. The fraction of sp³-hybridized carbons (Fsp3) is 0.409. The summed E-state index contributed by atoms with van der Waals surface area (Å²) >= 11 is 0. The largest absolute Gasteiger partial charge is 0.373 e. The van der Waals surface area contributed by atoms with Crippen LogP contribution in [0.3, 0.4) is 0 Å². The number of imidazole rings is 1. The molecule has 30 heavy (non-hydrogen) atoms. The standard InChI is InChI=1S/C22H27FN6O/c1-4-18(28-11-12-30-22(2,3)13-28)29-14-26-19(15-5-7-16(23)8-6-15)20(29)17-9-10-25-21(24)27-17/h5-10,14,18H,4,11-13H2,1-3H3,(H2,24,25,27). The van der Waals surface area contributed by atoms with E-state index < -0.39 is 0 Å². The van der Waals surface area contributed by atoms with Crippen LogP contribution in [-0.2, 0) is 4.74 Å². The minimum absolute atomic E-state index is 0.0704. The van der Waals surface area contributed by atoms with Gasteiger partial charge < -0.3 is 15.0 Å². The number of halogens is 1. The van der Waals surface area contributed by atoms with Crippen LogP contribution in [0, 0.1) is 5.82 Å². The first kappa shape index (κ1) is 20.4. The molecule has 0 radical (unpaired) electrons. The Morgan fingerprint density at radius 3 is 2.63 bits per heavy atom. The van der Waals surface area contributed by atoms with Gasteiger partial charge in [-0.2, -0.15) is 0 Å². The Balaban J connectivity index is 1.84. The predicted molar refractivity (Wildman–Crippen MR) is 114 cm³/mol. The Morgan fingerprint density at radius 1 is 1.20 bits per heavy atom. The molecule has 0 aliphatic carbocycles. The summed E-state index contributed by atoms with van der Waals surface area (Å²) in [7, 11) is 0. The first-order valence-electron chi connectivity index (χ1n) is 10.2. The van der Waals surface area contributed by atoms with Crippen LogP contribution in [0.2, 0.25) is 0 Å². The van der Waals surface area contributed by atoms with E-state index in [0.717, 1.165) is 36.5 Å². The molecular weight excluding hydrogens is 383 g/mol. The number of rotatable bonds is 5. The number of ether oxygens (including phenoxy) is 1. The number of hydrogen-bond donors (Lipinski definition) is 1. The fourth-order valence-electron chi connectivity index (χ4n) is 4.10. The summed E-state index contributed by atoms with van der Waals surface area (Å²) in [6.07, 6.45) is 4.43. The van der Waals surface area contributed by atoms with E-state index in [1.807, 2.05) is 12.4 Å². The molecule has 8 heteroatoms. The molecule has 3 aromatic rings. The number of nitrogen functional groups attached to an aromatic ring is 1. The van der Waals surface area contributed by atoms with Crippen LogP contribution >= 0.6 is 0 Å². The van der Waals surface area contributed by atoms with Crippen molar-refractivity contribution in [3.63, 3.8) is 0 Å². The van der Waals surface area contributed by atoms with Crippen molar-refractivity contribution in [1.82, 2.24) is 24.4 Å². The van der Waals surface area contributed by atoms with Crippen molar-refractivity contribution in [3.05, 3.63) is 48.7 Å². The minimum Gasteiger partial charge on any atom is -0.373 e. The highest BCUT2D eigenvalue weighted by Crippen LogP contribution is 2.35. The van der Waals surface area contributed by atoms with Gasteiger partial charge in [-0.3, -0.25) is 4.90 Å². The van der Waals surface area contributed by atoms with Crippen molar-refractivity contribution in [2.24, 2.45) is 0 Å². The van der Waals surface area contributed by atoms with Gasteiger partial charge in [0, 0.05) is 24.8 Å². The molecule has 1 aliphatic heterocycles. The summed E-state index contributed by atoms with van der Waals surface area (Å²) in [5.41, 5.74) is 8.74. The Labute approximate surface area is 175 Å². The third-order valence-electron chi connectivity index (χ3n) is 5.39. The summed E-state index contributed by atoms with van der Waals surface area (Å²) in [6.45, 7) is 8.69. The van der Waals surface area contributed by atoms with E-state index in [1.54, 1.807) is 18.3 Å². The number of anilines is 1.